The summed E-state index contributed by atoms with van der Waals surface area (Å²) >= 11 is 0. The van der Waals surface area contributed by atoms with E-state index in [-0.39, 0.29) is 0 Å². The molecule has 2 aromatic rings. The number of rotatable bonds is 9. The van der Waals surface area contributed by atoms with Crippen molar-refractivity contribution in [2.24, 2.45) is 4.99 Å². The number of hydrogen-bond donors (Lipinski definition) is 2. The SMILES string of the molecule is CCNC(=NCc1cccc(OC)n1)NC1CCN(Cc2cc(OC)cc(OC)c2)C1. The smallest absolute Gasteiger partial charge is 0.213 e. The molecule has 1 aliphatic heterocycles. The van der Waals surface area contributed by atoms with E-state index >= 15 is 0 Å². The van der Waals surface area contributed by atoms with Crippen LogP contribution in [0.2, 0.25) is 0 Å². The average molecular weight is 428 g/mol. The molecule has 0 aliphatic carbocycles. The normalized spacial score (nSPS) is 16.8. The van der Waals surface area contributed by atoms with E-state index in [1.54, 1.807) is 21.3 Å². The van der Waals surface area contributed by atoms with Gasteiger partial charge in [0.2, 0.25) is 5.88 Å². The highest BCUT2D eigenvalue weighted by Gasteiger charge is 2.23. The van der Waals surface area contributed by atoms with E-state index in [1.807, 2.05) is 24.3 Å². The monoisotopic (exact) mass is 427 g/mol. The van der Waals surface area contributed by atoms with Gasteiger partial charge in [-0.05, 0) is 37.1 Å². The van der Waals surface area contributed by atoms with Crippen molar-refractivity contribution in [3.05, 3.63) is 47.7 Å². The standard InChI is InChI=1S/C23H33N5O3/c1-5-24-23(25-14-18-7-6-8-22(26-18)31-4)27-19-9-10-28(16-19)15-17-11-20(29-2)13-21(12-17)30-3/h6-8,11-13,19H,5,9-10,14-16H2,1-4H3,(H2,24,25,27). The van der Waals surface area contributed by atoms with Crippen LogP contribution in [-0.4, -0.2) is 62.8 Å². The highest BCUT2D eigenvalue weighted by atomic mass is 16.5. The van der Waals surface area contributed by atoms with Gasteiger partial charge in [-0.1, -0.05) is 6.07 Å². The summed E-state index contributed by atoms with van der Waals surface area (Å²) in [6.45, 7) is 6.19. The van der Waals surface area contributed by atoms with Crippen LogP contribution in [0.5, 0.6) is 17.4 Å². The maximum Gasteiger partial charge on any atom is 0.213 e. The first-order valence-corrected chi connectivity index (χ1v) is 10.6. The molecule has 0 bridgehead atoms. The molecular formula is C23H33N5O3. The minimum Gasteiger partial charge on any atom is -0.497 e. The van der Waals surface area contributed by atoms with Crippen LogP contribution in [0, 0.1) is 0 Å². The molecule has 1 atom stereocenters. The zero-order valence-electron chi connectivity index (χ0n) is 18.9. The Morgan fingerprint density at radius 3 is 2.58 bits per heavy atom. The molecule has 1 aromatic heterocycles. The highest BCUT2D eigenvalue weighted by molar-refractivity contribution is 5.80. The van der Waals surface area contributed by atoms with Crippen LogP contribution >= 0.6 is 0 Å². The fraction of sp³-hybridized carbons (Fsp3) is 0.478. The fourth-order valence-corrected chi connectivity index (χ4v) is 3.64. The van der Waals surface area contributed by atoms with Gasteiger partial charge in [-0.2, -0.15) is 0 Å². The molecular weight excluding hydrogens is 394 g/mol. The maximum atomic E-state index is 5.39. The third kappa shape index (κ3) is 6.75. The lowest BCUT2D eigenvalue weighted by atomic mass is 10.2. The predicted molar refractivity (Wildman–Crippen MR) is 122 cm³/mol. The minimum atomic E-state index is 0.337. The van der Waals surface area contributed by atoms with Gasteiger partial charge in [-0.15, -0.1) is 0 Å². The van der Waals surface area contributed by atoms with Crippen molar-refractivity contribution in [2.45, 2.75) is 32.5 Å². The van der Waals surface area contributed by atoms with Crippen molar-refractivity contribution in [2.75, 3.05) is 41.0 Å². The van der Waals surface area contributed by atoms with Crippen molar-refractivity contribution >= 4 is 5.96 Å². The van der Waals surface area contributed by atoms with Crippen molar-refractivity contribution in [1.82, 2.24) is 20.5 Å². The number of aliphatic imine (C=N–C) groups is 1. The zero-order chi connectivity index (χ0) is 22.1. The third-order valence-corrected chi connectivity index (χ3v) is 5.16. The van der Waals surface area contributed by atoms with Crippen LogP contribution in [0.3, 0.4) is 0 Å². The van der Waals surface area contributed by atoms with Crippen LogP contribution in [0.25, 0.3) is 0 Å². The molecule has 168 valence electrons. The van der Waals surface area contributed by atoms with Crippen LogP contribution in [0.4, 0.5) is 0 Å². The Bertz CT molecular complexity index is 852. The molecule has 0 radical (unpaired) electrons. The van der Waals surface area contributed by atoms with E-state index in [0.717, 1.165) is 55.8 Å². The molecule has 0 saturated carbocycles. The average Bonchev–Trinajstić information content (AvgIpc) is 3.24. The molecule has 0 amide bonds. The van der Waals surface area contributed by atoms with Gasteiger partial charge in [-0.3, -0.25) is 4.90 Å². The van der Waals surface area contributed by atoms with Gasteiger partial charge in [-0.25, -0.2) is 9.98 Å². The van der Waals surface area contributed by atoms with E-state index < -0.39 is 0 Å². The zero-order valence-corrected chi connectivity index (χ0v) is 18.9. The van der Waals surface area contributed by atoms with Gasteiger partial charge in [0.25, 0.3) is 0 Å². The Balaban J connectivity index is 1.57. The molecule has 1 aromatic carbocycles. The Kier molecular flexibility index (Phi) is 8.35. The van der Waals surface area contributed by atoms with Crippen LogP contribution in [0.1, 0.15) is 24.6 Å². The number of hydrogen-bond acceptors (Lipinski definition) is 6. The van der Waals surface area contributed by atoms with E-state index in [1.165, 1.54) is 5.56 Å². The molecule has 2 heterocycles. The van der Waals surface area contributed by atoms with Crippen molar-refractivity contribution < 1.29 is 14.2 Å². The number of methoxy groups -OCH3 is 3. The maximum absolute atomic E-state index is 5.39. The van der Waals surface area contributed by atoms with Gasteiger partial charge >= 0.3 is 0 Å². The molecule has 1 unspecified atom stereocenters. The second-order valence-electron chi connectivity index (χ2n) is 7.45. The molecule has 8 nitrogen and oxygen atoms in total. The first kappa shape index (κ1) is 22.7. The van der Waals surface area contributed by atoms with Gasteiger partial charge in [0, 0.05) is 44.4 Å². The lowest BCUT2D eigenvalue weighted by molar-refractivity contribution is 0.321. The summed E-state index contributed by atoms with van der Waals surface area (Å²) in [5.74, 6) is 3.04. The van der Waals surface area contributed by atoms with Crippen LogP contribution < -0.4 is 24.8 Å². The summed E-state index contributed by atoms with van der Waals surface area (Å²) in [5.41, 5.74) is 2.05. The summed E-state index contributed by atoms with van der Waals surface area (Å²) in [4.78, 5) is 11.6. The van der Waals surface area contributed by atoms with E-state index in [9.17, 15) is 0 Å². The predicted octanol–water partition coefficient (Wildman–Crippen LogP) is 2.44. The number of aromatic nitrogens is 1. The Hall–Kier alpha value is -3.00. The first-order valence-electron chi connectivity index (χ1n) is 10.6. The van der Waals surface area contributed by atoms with Gasteiger partial charge in [0.1, 0.15) is 11.5 Å². The Labute approximate surface area is 184 Å². The molecule has 1 aliphatic rings. The van der Waals surface area contributed by atoms with Crippen molar-refractivity contribution in [3.63, 3.8) is 0 Å². The lowest BCUT2D eigenvalue weighted by Gasteiger charge is -2.19. The summed E-state index contributed by atoms with van der Waals surface area (Å²) in [6, 6.07) is 12.1. The summed E-state index contributed by atoms with van der Waals surface area (Å²) in [6.07, 6.45) is 1.06. The number of nitrogens with one attached hydrogen (secondary N) is 2. The molecule has 8 heteroatoms. The van der Waals surface area contributed by atoms with Gasteiger partial charge in [0.05, 0.1) is 33.6 Å². The molecule has 31 heavy (non-hydrogen) atoms. The third-order valence-electron chi connectivity index (χ3n) is 5.16. The molecule has 1 saturated heterocycles. The number of pyridine rings is 1. The van der Waals surface area contributed by atoms with Gasteiger partial charge in [0.15, 0.2) is 5.96 Å². The van der Waals surface area contributed by atoms with E-state index in [4.69, 9.17) is 19.2 Å². The quantitative estimate of drug-likeness (QED) is 0.470. The highest BCUT2D eigenvalue weighted by Crippen LogP contribution is 2.24. The largest absolute Gasteiger partial charge is 0.497 e. The van der Waals surface area contributed by atoms with Crippen LogP contribution in [0.15, 0.2) is 41.4 Å². The Morgan fingerprint density at radius 2 is 1.90 bits per heavy atom. The fourth-order valence-electron chi connectivity index (χ4n) is 3.64. The van der Waals surface area contributed by atoms with E-state index in [0.29, 0.717) is 18.5 Å². The second kappa shape index (κ2) is 11.4. The topological polar surface area (TPSA) is 80.2 Å². The van der Waals surface area contributed by atoms with Crippen LogP contribution in [-0.2, 0) is 13.1 Å². The molecule has 0 spiro atoms. The van der Waals surface area contributed by atoms with Gasteiger partial charge < -0.3 is 24.8 Å². The van der Waals surface area contributed by atoms with E-state index in [2.05, 4.69) is 39.6 Å². The van der Waals surface area contributed by atoms with Crippen molar-refractivity contribution in [3.8, 4) is 17.4 Å². The molecule has 2 N–H and O–H groups in total. The first-order chi connectivity index (χ1) is 15.1. The van der Waals surface area contributed by atoms with Crippen molar-refractivity contribution in [1.29, 1.82) is 0 Å². The Morgan fingerprint density at radius 1 is 1.13 bits per heavy atom. The summed E-state index contributed by atoms with van der Waals surface area (Å²) in [5, 5.41) is 6.90. The molecule has 3 rings (SSSR count). The number of guanidine groups is 1. The number of likely N-dealkylation sites (tertiary alicyclic amines) is 1. The lowest BCUT2D eigenvalue weighted by Crippen LogP contribution is -2.44. The number of ether oxygens (including phenoxy) is 3. The second-order valence-corrected chi connectivity index (χ2v) is 7.45. The number of benzene rings is 1. The summed E-state index contributed by atoms with van der Waals surface area (Å²) in [7, 11) is 4.97. The number of nitrogens with zero attached hydrogens (tertiary/aromatic N) is 3. The molecule has 1 fully saturated rings. The summed E-state index contributed by atoms with van der Waals surface area (Å²) < 4.78 is 16.0. The minimum absolute atomic E-state index is 0.337.